The van der Waals surface area contributed by atoms with Crippen LogP contribution in [-0.2, 0) is 4.74 Å². The molecule has 0 spiro atoms. The van der Waals surface area contributed by atoms with E-state index >= 15 is 0 Å². The number of nitro groups is 1. The van der Waals surface area contributed by atoms with Crippen LogP contribution in [0.15, 0.2) is 18.2 Å². The molecule has 0 amide bonds. The summed E-state index contributed by atoms with van der Waals surface area (Å²) in [6.45, 7) is 4.67. The summed E-state index contributed by atoms with van der Waals surface area (Å²) >= 11 is 0. The third-order valence-electron chi connectivity index (χ3n) is 2.47. The van der Waals surface area contributed by atoms with E-state index in [9.17, 15) is 14.9 Å². The molecule has 0 saturated carbocycles. The molecule has 1 aromatic carbocycles. The van der Waals surface area contributed by atoms with Crippen molar-refractivity contribution < 1.29 is 19.6 Å². The van der Waals surface area contributed by atoms with Crippen LogP contribution in [0.3, 0.4) is 0 Å². The molecule has 0 radical (unpaired) electrons. The second kappa shape index (κ2) is 6.69. The van der Waals surface area contributed by atoms with E-state index < -0.39 is 10.9 Å². The minimum atomic E-state index is -1.20. The molecule has 1 aromatic rings. The standard InChI is InChI=1S/C12H16N2O5/c1-3-19-8(2)7-13-10-5-4-9(12(15)16)6-11(10)14(17)18/h4-6,8,13H,3,7H2,1-2H3,(H,15,16). The van der Waals surface area contributed by atoms with Crippen molar-refractivity contribution in [2.75, 3.05) is 18.5 Å². The van der Waals surface area contributed by atoms with Crippen LogP contribution in [0.2, 0.25) is 0 Å². The number of anilines is 1. The molecule has 2 N–H and O–H groups in total. The lowest BCUT2D eigenvalue weighted by molar-refractivity contribution is -0.384. The van der Waals surface area contributed by atoms with Crippen LogP contribution in [-0.4, -0.2) is 35.3 Å². The van der Waals surface area contributed by atoms with Crippen LogP contribution >= 0.6 is 0 Å². The number of carboxylic acids is 1. The minimum Gasteiger partial charge on any atom is -0.478 e. The Bertz CT molecular complexity index is 475. The first-order valence-corrected chi connectivity index (χ1v) is 5.83. The normalized spacial score (nSPS) is 11.9. The number of aromatic carboxylic acids is 1. The van der Waals surface area contributed by atoms with Crippen molar-refractivity contribution in [1.29, 1.82) is 0 Å². The van der Waals surface area contributed by atoms with Crippen molar-refractivity contribution in [2.24, 2.45) is 0 Å². The minimum absolute atomic E-state index is 0.0937. The number of benzene rings is 1. The number of nitro benzene ring substituents is 1. The van der Waals surface area contributed by atoms with Gasteiger partial charge in [-0.25, -0.2) is 4.79 Å². The van der Waals surface area contributed by atoms with Gasteiger partial charge in [0, 0.05) is 19.2 Å². The average molecular weight is 268 g/mol. The Morgan fingerprint density at radius 2 is 2.26 bits per heavy atom. The number of carboxylic acid groups (broad SMARTS) is 1. The largest absolute Gasteiger partial charge is 0.478 e. The van der Waals surface area contributed by atoms with Crippen LogP contribution in [0.4, 0.5) is 11.4 Å². The van der Waals surface area contributed by atoms with E-state index in [0.717, 1.165) is 6.07 Å². The number of carbonyl (C=O) groups is 1. The molecule has 0 aliphatic heterocycles. The van der Waals surface area contributed by atoms with E-state index in [-0.39, 0.29) is 23.0 Å². The Balaban J connectivity index is 2.88. The molecule has 1 rings (SSSR count). The lowest BCUT2D eigenvalue weighted by Crippen LogP contribution is -2.20. The smallest absolute Gasteiger partial charge is 0.335 e. The Morgan fingerprint density at radius 3 is 2.79 bits per heavy atom. The fourth-order valence-corrected chi connectivity index (χ4v) is 1.56. The SMILES string of the molecule is CCOC(C)CNc1ccc(C(=O)O)cc1[N+](=O)[O-]. The zero-order chi connectivity index (χ0) is 14.4. The summed E-state index contributed by atoms with van der Waals surface area (Å²) in [5, 5.41) is 22.6. The van der Waals surface area contributed by atoms with Gasteiger partial charge in [0.15, 0.2) is 0 Å². The van der Waals surface area contributed by atoms with Gasteiger partial charge in [0.25, 0.3) is 5.69 Å². The van der Waals surface area contributed by atoms with Crippen molar-refractivity contribution in [3.63, 3.8) is 0 Å². The number of hydrogen-bond donors (Lipinski definition) is 2. The van der Waals surface area contributed by atoms with Crippen LogP contribution < -0.4 is 5.32 Å². The zero-order valence-corrected chi connectivity index (χ0v) is 10.8. The first-order valence-electron chi connectivity index (χ1n) is 5.83. The number of rotatable bonds is 7. The van der Waals surface area contributed by atoms with E-state index in [1.807, 2.05) is 13.8 Å². The quantitative estimate of drug-likeness (QED) is 0.580. The monoisotopic (exact) mass is 268 g/mol. The lowest BCUT2D eigenvalue weighted by atomic mass is 10.1. The Labute approximate surface area is 110 Å². The van der Waals surface area contributed by atoms with Gasteiger partial charge >= 0.3 is 5.97 Å². The second-order valence-electron chi connectivity index (χ2n) is 3.94. The molecule has 0 heterocycles. The maximum atomic E-state index is 10.9. The first kappa shape index (κ1) is 14.9. The molecule has 0 aliphatic rings. The number of nitrogens with one attached hydrogen (secondary N) is 1. The third kappa shape index (κ3) is 4.22. The van der Waals surface area contributed by atoms with Gasteiger partial charge in [-0.1, -0.05) is 0 Å². The van der Waals surface area contributed by atoms with Crippen molar-refractivity contribution in [3.8, 4) is 0 Å². The van der Waals surface area contributed by atoms with Gasteiger partial charge in [-0.05, 0) is 26.0 Å². The Hall–Kier alpha value is -2.15. The first-order chi connectivity index (χ1) is 8.95. The topological polar surface area (TPSA) is 102 Å². The highest BCUT2D eigenvalue weighted by atomic mass is 16.6. The molecule has 0 aliphatic carbocycles. The fourth-order valence-electron chi connectivity index (χ4n) is 1.56. The molecule has 0 bridgehead atoms. The predicted molar refractivity (Wildman–Crippen MR) is 69.6 cm³/mol. The second-order valence-corrected chi connectivity index (χ2v) is 3.94. The summed E-state index contributed by atoms with van der Waals surface area (Å²) < 4.78 is 5.30. The molecule has 104 valence electrons. The fraction of sp³-hybridized carbons (Fsp3) is 0.417. The molecule has 1 unspecified atom stereocenters. The summed E-state index contributed by atoms with van der Waals surface area (Å²) in [6, 6.07) is 3.75. The van der Waals surface area contributed by atoms with E-state index in [0.29, 0.717) is 13.2 Å². The van der Waals surface area contributed by atoms with E-state index in [1.165, 1.54) is 12.1 Å². The number of hydrogen-bond acceptors (Lipinski definition) is 5. The Morgan fingerprint density at radius 1 is 1.58 bits per heavy atom. The van der Waals surface area contributed by atoms with E-state index in [1.54, 1.807) is 0 Å². The number of ether oxygens (including phenoxy) is 1. The van der Waals surface area contributed by atoms with Gasteiger partial charge in [-0.2, -0.15) is 0 Å². The van der Waals surface area contributed by atoms with Crippen LogP contribution in [0.1, 0.15) is 24.2 Å². The molecular weight excluding hydrogens is 252 g/mol. The van der Waals surface area contributed by atoms with Crippen LogP contribution in [0.5, 0.6) is 0 Å². The molecule has 1 atom stereocenters. The maximum absolute atomic E-state index is 10.9. The zero-order valence-electron chi connectivity index (χ0n) is 10.8. The van der Waals surface area contributed by atoms with Gasteiger partial charge in [-0.15, -0.1) is 0 Å². The van der Waals surface area contributed by atoms with Crippen molar-refractivity contribution in [3.05, 3.63) is 33.9 Å². The maximum Gasteiger partial charge on any atom is 0.335 e. The third-order valence-corrected chi connectivity index (χ3v) is 2.47. The van der Waals surface area contributed by atoms with Crippen molar-refractivity contribution in [2.45, 2.75) is 20.0 Å². The highest BCUT2D eigenvalue weighted by molar-refractivity contribution is 5.89. The van der Waals surface area contributed by atoms with Crippen LogP contribution in [0.25, 0.3) is 0 Å². The molecule has 19 heavy (non-hydrogen) atoms. The van der Waals surface area contributed by atoms with Gasteiger partial charge in [-0.3, -0.25) is 10.1 Å². The lowest BCUT2D eigenvalue weighted by Gasteiger charge is -2.13. The van der Waals surface area contributed by atoms with E-state index in [2.05, 4.69) is 5.32 Å². The molecule has 7 nitrogen and oxygen atoms in total. The van der Waals surface area contributed by atoms with Gasteiger partial charge < -0.3 is 15.2 Å². The summed E-state index contributed by atoms with van der Waals surface area (Å²) in [5.74, 6) is -1.20. The summed E-state index contributed by atoms with van der Waals surface area (Å²) in [6.07, 6.45) is -0.0937. The van der Waals surface area contributed by atoms with Crippen molar-refractivity contribution >= 4 is 17.3 Å². The molecule has 7 heteroatoms. The molecular formula is C12H16N2O5. The summed E-state index contributed by atoms with van der Waals surface area (Å²) in [5.41, 5.74) is -0.0970. The Kier molecular flexibility index (Phi) is 5.25. The van der Waals surface area contributed by atoms with Crippen molar-refractivity contribution in [1.82, 2.24) is 0 Å². The average Bonchev–Trinajstić information content (AvgIpc) is 2.36. The summed E-state index contributed by atoms with van der Waals surface area (Å²) in [7, 11) is 0. The van der Waals surface area contributed by atoms with Crippen LogP contribution in [0, 0.1) is 10.1 Å². The summed E-state index contributed by atoms with van der Waals surface area (Å²) in [4.78, 5) is 21.1. The number of nitrogens with zero attached hydrogens (tertiary/aromatic N) is 1. The van der Waals surface area contributed by atoms with E-state index in [4.69, 9.17) is 9.84 Å². The van der Waals surface area contributed by atoms with Gasteiger partial charge in [0.05, 0.1) is 16.6 Å². The highest BCUT2D eigenvalue weighted by Crippen LogP contribution is 2.25. The highest BCUT2D eigenvalue weighted by Gasteiger charge is 2.17. The molecule has 0 fully saturated rings. The molecule has 0 saturated heterocycles. The van der Waals surface area contributed by atoms with Gasteiger partial charge in [0.1, 0.15) is 5.69 Å². The molecule has 0 aromatic heterocycles. The van der Waals surface area contributed by atoms with Gasteiger partial charge in [0.2, 0.25) is 0 Å². The predicted octanol–water partition coefficient (Wildman–Crippen LogP) is 2.13.